The van der Waals surface area contributed by atoms with Gasteiger partial charge in [0.05, 0.1) is 19.2 Å². The SMILES string of the molecule is COc1cc(CNC(C)c2cccc(OC(F)F)c2)cc(Cl)c1OC. The van der Waals surface area contributed by atoms with E-state index >= 15 is 0 Å². The van der Waals surface area contributed by atoms with Gasteiger partial charge >= 0.3 is 6.61 Å². The average Bonchev–Trinajstić information content (AvgIpc) is 2.58. The van der Waals surface area contributed by atoms with E-state index in [9.17, 15) is 8.78 Å². The minimum absolute atomic E-state index is 0.0758. The van der Waals surface area contributed by atoms with Crippen molar-refractivity contribution in [2.24, 2.45) is 0 Å². The summed E-state index contributed by atoms with van der Waals surface area (Å²) in [4.78, 5) is 0. The number of rotatable bonds is 8. The van der Waals surface area contributed by atoms with Gasteiger partial charge in [-0.15, -0.1) is 0 Å². The van der Waals surface area contributed by atoms with Gasteiger partial charge in [0.1, 0.15) is 5.75 Å². The molecule has 2 aromatic carbocycles. The maximum Gasteiger partial charge on any atom is 0.387 e. The zero-order valence-electron chi connectivity index (χ0n) is 14.2. The molecule has 2 aromatic rings. The summed E-state index contributed by atoms with van der Waals surface area (Å²) < 4.78 is 39.6. The molecule has 1 atom stereocenters. The van der Waals surface area contributed by atoms with Crippen molar-refractivity contribution in [2.75, 3.05) is 14.2 Å². The third-order valence-corrected chi connectivity index (χ3v) is 3.97. The lowest BCUT2D eigenvalue weighted by Crippen LogP contribution is -2.18. The number of hydrogen-bond acceptors (Lipinski definition) is 4. The van der Waals surface area contributed by atoms with Gasteiger partial charge in [-0.1, -0.05) is 23.7 Å². The van der Waals surface area contributed by atoms with Crippen molar-refractivity contribution in [3.8, 4) is 17.2 Å². The quantitative estimate of drug-likeness (QED) is 0.723. The maximum absolute atomic E-state index is 12.3. The van der Waals surface area contributed by atoms with Crippen LogP contribution < -0.4 is 19.5 Å². The van der Waals surface area contributed by atoms with Crippen LogP contribution in [0.25, 0.3) is 0 Å². The van der Waals surface area contributed by atoms with Crippen LogP contribution in [0, 0.1) is 0 Å². The van der Waals surface area contributed by atoms with Crippen LogP contribution in [0.15, 0.2) is 36.4 Å². The van der Waals surface area contributed by atoms with Crippen LogP contribution in [-0.4, -0.2) is 20.8 Å². The summed E-state index contributed by atoms with van der Waals surface area (Å²) in [6.45, 7) is -0.391. The second kappa shape index (κ2) is 8.87. The molecule has 2 rings (SSSR count). The standard InChI is InChI=1S/C18H20ClF2NO3/c1-11(13-5-4-6-14(9-13)25-18(20)21)22-10-12-7-15(19)17(24-3)16(8-12)23-2/h4-9,11,18,22H,10H2,1-3H3. The fourth-order valence-corrected chi connectivity index (χ4v) is 2.73. The zero-order chi connectivity index (χ0) is 18.4. The fourth-order valence-electron chi connectivity index (χ4n) is 2.42. The van der Waals surface area contributed by atoms with Gasteiger partial charge in [0.15, 0.2) is 11.5 Å². The molecule has 0 saturated heterocycles. The van der Waals surface area contributed by atoms with Crippen LogP contribution >= 0.6 is 11.6 Å². The summed E-state index contributed by atoms with van der Waals surface area (Å²) in [6, 6.07) is 10.2. The molecule has 25 heavy (non-hydrogen) atoms. The second-order valence-electron chi connectivity index (χ2n) is 5.37. The third-order valence-electron chi connectivity index (χ3n) is 3.69. The van der Waals surface area contributed by atoms with E-state index in [1.54, 1.807) is 25.3 Å². The second-order valence-corrected chi connectivity index (χ2v) is 5.77. The summed E-state index contributed by atoms with van der Waals surface area (Å²) in [5.74, 6) is 1.17. The van der Waals surface area contributed by atoms with E-state index in [4.69, 9.17) is 21.1 Å². The molecule has 7 heteroatoms. The number of benzene rings is 2. The Balaban J connectivity index is 2.07. The van der Waals surface area contributed by atoms with E-state index in [0.717, 1.165) is 11.1 Å². The zero-order valence-corrected chi connectivity index (χ0v) is 14.9. The number of ether oxygens (including phenoxy) is 3. The number of nitrogens with one attached hydrogen (secondary N) is 1. The van der Waals surface area contributed by atoms with E-state index < -0.39 is 6.61 Å². The molecule has 0 aliphatic rings. The molecule has 0 aromatic heterocycles. The Morgan fingerprint density at radius 3 is 2.52 bits per heavy atom. The molecule has 0 radical (unpaired) electrons. The summed E-state index contributed by atoms with van der Waals surface area (Å²) in [5, 5.41) is 3.77. The van der Waals surface area contributed by atoms with Gasteiger partial charge in [0, 0.05) is 12.6 Å². The first-order valence-electron chi connectivity index (χ1n) is 7.63. The Hall–Kier alpha value is -2.05. The van der Waals surface area contributed by atoms with Crippen LogP contribution in [0.3, 0.4) is 0 Å². The molecule has 0 aliphatic heterocycles. The van der Waals surface area contributed by atoms with Crippen molar-refractivity contribution in [1.29, 1.82) is 0 Å². The van der Waals surface area contributed by atoms with Gasteiger partial charge in [-0.05, 0) is 42.3 Å². The third kappa shape index (κ3) is 5.21. The van der Waals surface area contributed by atoms with Crippen molar-refractivity contribution in [1.82, 2.24) is 5.32 Å². The first-order chi connectivity index (χ1) is 11.9. The monoisotopic (exact) mass is 371 g/mol. The molecule has 0 aliphatic carbocycles. The summed E-state index contributed by atoms with van der Waals surface area (Å²) in [7, 11) is 3.07. The lowest BCUT2D eigenvalue weighted by molar-refractivity contribution is -0.0499. The lowest BCUT2D eigenvalue weighted by Gasteiger charge is -2.17. The average molecular weight is 372 g/mol. The molecule has 136 valence electrons. The van der Waals surface area contributed by atoms with E-state index in [0.29, 0.717) is 23.1 Å². The highest BCUT2D eigenvalue weighted by molar-refractivity contribution is 6.32. The molecule has 0 spiro atoms. The van der Waals surface area contributed by atoms with Gasteiger partial charge < -0.3 is 19.5 Å². The van der Waals surface area contributed by atoms with Crippen molar-refractivity contribution >= 4 is 11.6 Å². The van der Waals surface area contributed by atoms with Gasteiger partial charge in [-0.3, -0.25) is 0 Å². The molecule has 4 nitrogen and oxygen atoms in total. The van der Waals surface area contributed by atoms with E-state index in [-0.39, 0.29) is 11.8 Å². The maximum atomic E-state index is 12.3. The summed E-state index contributed by atoms with van der Waals surface area (Å²) in [6.07, 6.45) is 0. The molecule has 0 amide bonds. The van der Waals surface area contributed by atoms with Gasteiger partial charge in [0.2, 0.25) is 0 Å². The van der Waals surface area contributed by atoms with Gasteiger partial charge in [-0.25, -0.2) is 0 Å². The Kier molecular flexibility index (Phi) is 6.84. The van der Waals surface area contributed by atoms with Crippen LogP contribution in [0.2, 0.25) is 5.02 Å². The molecule has 0 bridgehead atoms. The van der Waals surface area contributed by atoms with Gasteiger partial charge in [0.25, 0.3) is 0 Å². The Morgan fingerprint density at radius 1 is 1.12 bits per heavy atom. The van der Waals surface area contributed by atoms with E-state index in [1.807, 2.05) is 19.1 Å². The molecule has 1 unspecified atom stereocenters. The van der Waals surface area contributed by atoms with Crippen LogP contribution in [-0.2, 0) is 6.54 Å². The molecule has 0 saturated carbocycles. The normalized spacial score (nSPS) is 12.1. The first-order valence-corrected chi connectivity index (χ1v) is 8.01. The van der Waals surface area contributed by atoms with Crippen LogP contribution in [0.5, 0.6) is 17.2 Å². The number of alkyl halides is 2. The highest BCUT2D eigenvalue weighted by Crippen LogP contribution is 2.36. The van der Waals surface area contributed by atoms with Gasteiger partial charge in [-0.2, -0.15) is 8.78 Å². The Bertz CT molecular complexity index is 713. The molecular formula is C18H20ClF2NO3. The largest absolute Gasteiger partial charge is 0.493 e. The first kappa shape index (κ1) is 19.3. The molecule has 0 fully saturated rings. The van der Waals surface area contributed by atoms with E-state index in [2.05, 4.69) is 10.1 Å². The topological polar surface area (TPSA) is 39.7 Å². The van der Waals surface area contributed by atoms with Crippen molar-refractivity contribution < 1.29 is 23.0 Å². The number of hydrogen-bond donors (Lipinski definition) is 1. The molecule has 1 N–H and O–H groups in total. The summed E-state index contributed by atoms with van der Waals surface area (Å²) in [5.41, 5.74) is 1.75. The van der Waals surface area contributed by atoms with Crippen LogP contribution in [0.4, 0.5) is 8.78 Å². The predicted molar refractivity (Wildman–Crippen MR) is 92.9 cm³/mol. The van der Waals surface area contributed by atoms with E-state index in [1.165, 1.54) is 13.2 Å². The van der Waals surface area contributed by atoms with Crippen LogP contribution in [0.1, 0.15) is 24.1 Å². The van der Waals surface area contributed by atoms with Crippen molar-refractivity contribution in [3.05, 3.63) is 52.5 Å². The fraction of sp³-hybridized carbons (Fsp3) is 0.333. The predicted octanol–water partition coefficient (Wildman–Crippen LogP) is 4.81. The Labute approximate surface area is 150 Å². The number of halogens is 3. The Morgan fingerprint density at radius 2 is 1.88 bits per heavy atom. The highest BCUT2D eigenvalue weighted by atomic mass is 35.5. The molecular weight excluding hydrogens is 352 g/mol. The smallest absolute Gasteiger partial charge is 0.387 e. The number of methoxy groups -OCH3 is 2. The lowest BCUT2D eigenvalue weighted by atomic mass is 10.1. The minimum Gasteiger partial charge on any atom is -0.493 e. The highest BCUT2D eigenvalue weighted by Gasteiger charge is 2.13. The minimum atomic E-state index is -2.84. The van der Waals surface area contributed by atoms with Crippen molar-refractivity contribution in [3.63, 3.8) is 0 Å². The summed E-state index contributed by atoms with van der Waals surface area (Å²) >= 11 is 6.19. The van der Waals surface area contributed by atoms with Crippen molar-refractivity contribution in [2.45, 2.75) is 26.1 Å². The molecule has 0 heterocycles.